The van der Waals surface area contributed by atoms with Crippen LogP contribution in [0.2, 0.25) is 0 Å². The van der Waals surface area contributed by atoms with Gasteiger partial charge in [-0.15, -0.1) is 0 Å². The molecule has 0 aliphatic carbocycles. The molecule has 0 saturated heterocycles. The number of hydrogen-bond donors (Lipinski definition) is 0. The Morgan fingerprint density at radius 2 is 2.19 bits per heavy atom. The van der Waals surface area contributed by atoms with Gasteiger partial charge in [0.05, 0.1) is 20.6 Å². The third-order valence-electron chi connectivity index (χ3n) is 2.20. The van der Waals surface area contributed by atoms with Crippen LogP contribution < -0.4 is 4.57 Å². The molecule has 1 amide bonds. The number of ether oxygens (including phenoxy) is 1. The van der Waals surface area contributed by atoms with Crippen LogP contribution in [0, 0.1) is 0 Å². The first-order valence-corrected chi connectivity index (χ1v) is 4.90. The van der Waals surface area contributed by atoms with Crippen molar-refractivity contribution in [1.29, 1.82) is 0 Å². The summed E-state index contributed by atoms with van der Waals surface area (Å²) in [6.45, 7) is 0.341. The van der Waals surface area contributed by atoms with E-state index >= 15 is 0 Å². The van der Waals surface area contributed by atoms with E-state index in [4.69, 9.17) is 0 Å². The molecule has 1 heterocycles. The summed E-state index contributed by atoms with van der Waals surface area (Å²) < 4.78 is 7.73. The summed E-state index contributed by atoms with van der Waals surface area (Å²) in [5, 5.41) is 0. The van der Waals surface area contributed by atoms with E-state index in [9.17, 15) is 9.59 Å². The Kier molecular flexibility index (Phi) is 4.04. The molecule has 16 heavy (non-hydrogen) atoms. The monoisotopic (exact) mass is 226 g/mol. The van der Waals surface area contributed by atoms with Crippen LogP contribution in [0.5, 0.6) is 0 Å². The Bertz CT molecular complexity index is 386. The van der Waals surface area contributed by atoms with Gasteiger partial charge in [-0.3, -0.25) is 4.79 Å². The average molecular weight is 226 g/mol. The van der Waals surface area contributed by atoms with E-state index < -0.39 is 0 Å². The molecule has 1 aromatic rings. The number of carbonyl (C=O) groups excluding carboxylic acids is 2. The molecule has 0 N–H and O–H groups in total. The van der Waals surface area contributed by atoms with Crippen molar-refractivity contribution in [2.24, 2.45) is 7.05 Å². The number of aromatic nitrogens is 2. The second kappa shape index (κ2) is 5.29. The smallest absolute Gasteiger partial charge is 0.415 e. The normalized spacial score (nSPS) is 9.94. The molecule has 6 heteroatoms. The van der Waals surface area contributed by atoms with Crippen molar-refractivity contribution < 1.29 is 18.9 Å². The van der Waals surface area contributed by atoms with E-state index in [0.717, 1.165) is 0 Å². The SMILES string of the molecule is COC(=O)CCN(C)C(=O)n1cc[n+](C)c1. The molecule has 0 atom stereocenters. The van der Waals surface area contributed by atoms with Crippen LogP contribution >= 0.6 is 0 Å². The molecule has 0 aliphatic heterocycles. The highest BCUT2D eigenvalue weighted by atomic mass is 16.5. The molecule has 88 valence electrons. The summed E-state index contributed by atoms with van der Waals surface area (Å²) in [6.07, 6.45) is 5.30. The summed E-state index contributed by atoms with van der Waals surface area (Å²) in [6, 6.07) is -0.176. The van der Waals surface area contributed by atoms with Gasteiger partial charge in [-0.1, -0.05) is 0 Å². The second-order valence-corrected chi connectivity index (χ2v) is 3.52. The van der Waals surface area contributed by atoms with E-state index in [0.29, 0.717) is 6.54 Å². The first-order chi connectivity index (χ1) is 7.54. The fourth-order valence-corrected chi connectivity index (χ4v) is 1.22. The van der Waals surface area contributed by atoms with Gasteiger partial charge in [0.25, 0.3) is 6.33 Å². The first kappa shape index (κ1) is 12.2. The maximum absolute atomic E-state index is 11.8. The van der Waals surface area contributed by atoms with Crippen molar-refractivity contribution in [3.8, 4) is 0 Å². The van der Waals surface area contributed by atoms with Crippen molar-refractivity contribution >= 4 is 12.0 Å². The topological polar surface area (TPSA) is 55.4 Å². The highest BCUT2D eigenvalue weighted by Crippen LogP contribution is 1.95. The summed E-state index contributed by atoms with van der Waals surface area (Å²) in [5.74, 6) is -0.322. The van der Waals surface area contributed by atoms with Gasteiger partial charge in [0.2, 0.25) is 0 Å². The number of esters is 1. The molecule has 1 aromatic heterocycles. The van der Waals surface area contributed by atoms with Gasteiger partial charge in [0, 0.05) is 13.6 Å². The number of methoxy groups -OCH3 is 1. The van der Waals surface area contributed by atoms with Crippen molar-refractivity contribution in [1.82, 2.24) is 9.47 Å². The lowest BCUT2D eigenvalue weighted by atomic mass is 10.4. The fourth-order valence-electron chi connectivity index (χ4n) is 1.22. The number of hydrogen-bond acceptors (Lipinski definition) is 3. The van der Waals surface area contributed by atoms with Gasteiger partial charge in [0.1, 0.15) is 12.4 Å². The highest BCUT2D eigenvalue weighted by Gasteiger charge is 2.17. The van der Waals surface area contributed by atoms with Crippen molar-refractivity contribution in [3.63, 3.8) is 0 Å². The van der Waals surface area contributed by atoms with Crippen LogP contribution in [0.25, 0.3) is 0 Å². The summed E-state index contributed by atoms with van der Waals surface area (Å²) in [5.41, 5.74) is 0. The molecule has 0 bridgehead atoms. The summed E-state index contributed by atoms with van der Waals surface area (Å²) in [7, 11) is 4.81. The average Bonchev–Trinajstić information content (AvgIpc) is 2.71. The van der Waals surface area contributed by atoms with E-state index in [1.165, 1.54) is 16.6 Å². The molecule has 0 aromatic carbocycles. The molecule has 0 spiro atoms. The summed E-state index contributed by atoms with van der Waals surface area (Å²) >= 11 is 0. The highest BCUT2D eigenvalue weighted by molar-refractivity contribution is 5.77. The van der Waals surface area contributed by atoms with Gasteiger partial charge in [0.15, 0.2) is 0 Å². The molecular formula is C10H16N3O3+. The number of amides is 1. The number of carbonyl (C=O) groups is 2. The molecule has 0 fully saturated rings. The number of imidazole rings is 1. The van der Waals surface area contributed by atoms with Crippen LogP contribution in [0.1, 0.15) is 6.42 Å². The molecule has 0 saturated carbocycles. The van der Waals surface area contributed by atoms with Gasteiger partial charge >= 0.3 is 12.0 Å². The van der Waals surface area contributed by atoms with Crippen molar-refractivity contribution in [2.45, 2.75) is 6.42 Å². The molecule has 6 nitrogen and oxygen atoms in total. The van der Waals surface area contributed by atoms with Crippen LogP contribution in [-0.4, -0.2) is 42.2 Å². The van der Waals surface area contributed by atoms with Gasteiger partial charge in [-0.25, -0.2) is 9.36 Å². The Morgan fingerprint density at radius 1 is 1.50 bits per heavy atom. The maximum atomic E-state index is 11.8. The Labute approximate surface area is 94.0 Å². The lowest BCUT2D eigenvalue weighted by Crippen LogP contribution is -2.34. The first-order valence-electron chi connectivity index (χ1n) is 4.90. The maximum Gasteiger partial charge on any atom is 0.415 e. The van der Waals surface area contributed by atoms with E-state index in [1.54, 1.807) is 30.3 Å². The third-order valence-corrected chi connectivity index (χ3v) is 2.20. The number of rotatable bonds is 3. The van der Waals surface area contributed by atoms with Crippen LogP contribution in [0.3, 0.4) is 0 Å². The van der Waals surface area contributed by atoms with Crippen LogP contribution in [-0.2, 0) is 16.6 Å². The van der Waals surface area contributed by atoms with Gasteiger partial charge in [-0.05, 0) is 0 Å². The standard InChI is InChI=1S/C10H16N3O3/c1-11-6-7-13(8-11)10(15)12(2)5-4-9(14)16-3/h6-8H,4-5H2,1-3H3/q+1. The van der Waals surface area contributed by atoms with Crippen LogP contribution in [0.4, 0.5) is 4.79 Å². The lowest BCUT2D eigenvalue weighted by molar-refractivity contribution is -0.670. The minimum Gasteiger partial charge on any atom is -0.469 e. The molecule has 0 aliphatic rings. The summed E-state index contributed by atoms with van der Waals surface area (Å²) in [4.78, 5) is 24.2. The van der Waals surface area contributed by atoms with Gasteiger partial charge < -0.3 is 9.64 Å². The van der Waals surface area contributed by atoms with E-state index in [-0.39, 0.29) is 18.4 Å². The Morgan fingerprint density at radius 3 is 2.69 bits per heavy atom. The molecular weight excluding hydrogens is 210 g/mol. The lowest BCUT2D eigenvalue weighted by Gasteiger charge is -2.12. The largest absolute Gasteiger partial charge is 0.469 e. The number of aryl methyl sites for hydroxylation is 1. The number of nitrogens with zero attached hydrogens (tertiary/aromatic N) is 3. The van der Waals surface area contributed by atoms with E-state index in [1.807, 2.05) is 7.05 Å². The molecule has 0 unspecified atom stereocenters. The predicted molar refractivity (Wildman–Crippen MR) is 55.7 cm³/mol. The molecule has 1 rings (SSSR count). The van der Waals surface area contributed by atoms with Crippen molar-refractivity contribution in [3.05, 3.63) is 18.7 Å². The predicted octanol–water partition coefficient (Wildman–Crippen LogP) is -0.224. The minimum atomic E-state index is -0.322. The van der Waals surface area contributed by atoms with Crippen LogP contribution in [0.15, 0.2) is 18.7 Å². The minimum absolute atomic E-state index is 0.176. The van der Waals surface area contributed by atoms with E-state index in [2.05, 4.69) is 4.74 Å². The van der Waals surface area contributed by atoms with Crippen molar-refractivity contribution in [2.75, 3.05) is 20.7 Å². The zero-order valence-corrected chi connectivity index (χ0v) is 9.71. The van der Waals surface area contributed by atoms with Gasteiger partial charge in [-0.2, -0.15) is 4.57 Å². The quantitative estimate of drug-likeness (QED) is 0.528. The zero-order valence-electron chi connectivity index (χ0n) is 9.71. The fraction of sp³-hybridized carbons (Fsp3) is 0.500. The zero-order chi connectivity index (χ0) is 12.1. The third kappa shape index (κ3) is 3.08. The second-order valence-electron chi connectivity index (χ2n) is 3.52. The Hall–Kier alpha value is -1.85. The Balaban J connectivity index is 2.51. The molecule has 0 radical (unpaired) electrons.